The molecule has 5 nitrogen and oxygen atoms in total. The van der Waals surface area contributed by atoms with Gasteiger partial charge in [0.2, 0.25) is 0 Å². The Kier molecular flexibility index (Phi) is 6.24. The first-order valence-corrected chi connectivity index (χ1v) is 9.41. The minimum atomic E-state index is -1.05. The third-order valence-corrected chi connectivity index (χ3v) is 4.54. The Labute approximate surface area is 164 Å². The number of benzene rings is 2. The van der Waals surface area contributed by atoms with Crippen molar-refractivity contribution in [1.82, 2.24) is 0 Å². The minimum Gasteiger partial charge on any atom is -0.491 e. The Morgan fingerprint density at radius 2 is 2.00 bits per heavy atom. The molecule has 1 amide bonds. The molecule has 0 saturated carbocycles. The van der Waals surface area contributed by atoms with Crippen LogP contribution in [0.15, 0.2) is 48.5 Å². The maximum atomic E-state index is 12.7. The zero-order chi connectivity index (χ0) is 19.3. The van der Waals surface area contributed by atoms with Gasteiger partial charge in [0.05, 0.1) is 6.10 Å². The molecule has 0 bridgehead atoms. The summed E-state index contributed by atoms with van der Waals surface area (Å²) in [4.78, 5) is 12.7. The Morgan fingerprint density at radius 1 is 1.22 bits per heavy atom. The van der Waals surface area contributed by atoms with Crippen molar-refractivity contribution in [2.75, 3.05) is 18.5 Å². The first kappa shape index (κ1) is 19.5. The van der Waals surface area contributed by atoms with Crippen LogP contribution in [0, 0.1) is 0 Å². The Morgan fingerprint density at radius 3 is 2.70 bits per heavy atom. The van der Waals surface area contributed by atoms with Crippen LogP contribution in [0.5, 0.6) is 11.5 Å². The molecule has 0 aliphatic carbocycles. The molecule has 27 heavy (non-hydrogen) atoms. The standard InChI is InChI=1S/C21H24ClNO4/c1-21(2,27-17-10-8-15(22)9-11-17)20(24)23-16-5-3-6-18(13-16)26-14-19-7-4-12-25-19/h3,5-6,8-11,13,19H,4,7,12,14H2,1-2H3,(H,23,24)/t19-/m1/s1. The third kappa shape index (κ3) is 5.62. The Balaban J connectivity index is 1.58. The van der Waals surface area contributed by atoms with Gasteiger partial charge in [-0.2, -0.15) is 0 Å². The molecule has 2 aromatic rings. The fraction of sp³-hybridized carbons (Fsp3) is 0.381. The van der Waals surface area contributed by atoms with Crippen molar-refractivity contribution in [3.8, 4) is 11.5 Å². The van der Waals surface area contributed by atoms with Crippen LogP contribution in [-0.4, -0.2) is 30.8 Å². The van der Waals surface area contributed by atoms with Crippen molar-refractivity contribution in [1.29, 1.82) is 0 Å². The van der Waals surface area contributed by atoms with Crippen LogP contribution in [0.2, 0.25) is 5.02 Å². The predicted octanol–water partition coefficient (Wildman–Crippen LogP) is 4.69. The minimum absolute atomic E-state index is 0.148. The van der Waals surface area contributed by atoms with Crippen LogP contribution in [0.1, 0.15) is 26.7 Å². The van der Waals surface area contributed by atoms with Gasteiger partial charge in [-0.25, -0.2) is 0 Å². The molecule has 0 radical (unpaired) electrons. The number of amides is 1. The van der Waals surface area contributed by atoms with Crippen LogP contribution in [0.4, 0.5) is 5.69 Å². The van der Waals surface area contributed by atoms with Crippen molar-refractivity contribution in [3.05, 3.63) is 53.6 Å². The number of anilines is 1. The third-order valence-electron chi connectivity index (χ3n) is 4.29. The smallest absolute Gasteiger partial charge is 0.267 e. The molecule has 1 N–H and O–H groups in total. The lowest BCUT2D eigenvalue weighted by Gasteiger charge is -2.25. The maximum absolute atomic E-state index is 12.7. The largest absolute Gasteiger partial charge is 0.491 e. The fourth-order valence-electron chi connectivity index (χ4n) is 2.75. The molecule has 1 atom stereocenters. The van der Waals surface area contributed by atoms with Crippen LogP contribution in [0.3, 0.4) is 0 Å². The van der Waals surface area contributed by atoms with E-state index in [1.54, 1.807) is 44.2 Å². The van der Waals surface area contributed by atoms with Crippen molar-refractivity contribution in [3.63, 3.8) is 0 Å². The summed E-state index contributed by atoms with van der Waals surface area (Å²) in [5.74, 6) is 1.02. The molecule has 1 fully saturated rings. The molecular formula is C21H24ClNO4. The lowest BCUT2D eigenvalue weighted by molar-refractivity contribution is -0.128. The van der Waals surface area contributed by atoms with E-state index >= 15 is 0 Å². The lowest BCUT2D eigenvalue weighted by Crippen LogP contribution is -2.42. The summed E-state index contributed by atoms with van der Waals surface area (Å²) >= 11 is 5.88. The summed E-state index contributed by atoms with van der Waals surface area (Å²) in [6.45, 7) is 4.75. The Hall–Kier alpha value is -2.24. The summed E-state index contributed by atoms with van der Waals surface area (Å²) in [6, 6.07) is 14.2. The predicted molar refractivity (Wildman–Crippen MR) is 106 cm³/mol. The van der Waals surface area contributed by atoms with Crippen LogP contribution < -0.4 is 14.8 Å². The zero-order valence-corrected chi connectivity index (χ0v) is 16.3. The number of carbonyl (C=O) groups is 1. The maximum Gasteiger partial charge on any atom is 0.267 e. The van der Waals surface area contributed by atoms with Gasteiger partial charge in [-0.3, -0.25) is 4.79 Å². The highest BCUT2D eigenvalue weighted by Gasteiger charge is 2.30. The molecule has 144 valence electrons. The van der Waals surface area contributed by atoms with Gasteiger partial charge in [0.25, 0.3) is 5.91 Å². The summed E-state index contributed by atoms with van der Waals surface area (Å²) in [5.41, 5.74) is -0.403. The fourth-order valence-corrected chi connectivity index (χ4v) is 2.88. The molecule has 3 rings (SSSR count). The summed E-state index contributed by atoms with van der Waals surface area (Å²) in [7, 11) is 0. The van der Waals surface area contributed by atoms with Crippen LogP contribution in [0.25, 0.3) is 0 Å². The lowest BCUT2D eigenvalue weighted by atomic mass is 10.1. The summed E-state index contributed by atoms with van der Waals surface area (Å²) < 4.78 is 17.2. The Bertz CT molecular complexity index is 770. The summed E-state index contributed by atoms with van der Waals surface area (Å²) in [6.07, 6.45) is 2.24. The van der Waals surface area contributed by atoms with Crippen LogP contribution >= 0.6 is 11.6 Å². The average Bonchev–Trinajstić information content (AvgIpc) is 3.16. The van der Waals surface area contributed by atoms with E-state index < -0.39 is 5.60 Å². The second kappa shape index (κ2) is 8.63. The van der Waals surface area contributed by atoms with E-state index in [4.69, 9.17) is 25.8 Å². The van der Waals surface area contributed by atoms with Gasteiger partial charge < -0.3 is 19.5 Å². The monoisotopic (exact) mass is 389 g/mol. The van der Waals surface area contributed by atoms with Gasteiger partial charge in [0.15, 0.2) is 5.60 Å². The number of hydrogen-bond donors (Lipinski definition) is 1. The normalized spacial score (nSPS) is 16.8. The number of hydrogen-bond acceptors (Lipinski definition) is 4. The van der Waals surface area contributed by atoms with Gasteiger partial charge in [0, 0.05) is 23.4 Å². The topological polar surface area (TPSA) is 56.8 Å². The van der Waals surface area contributed by atoms with E-state index in [2.05, 4.69) is 5.32 Å². The van der Waals surface area contributed by atoms with Gasteiger partial charge in [0.1, 0.15) is 18.1 Å². The molecule has 6 heteroatoms. The van der Waals surface area contributed by atoms with E-state index in [-0.39, 0.29) is 12.0 Å². The van der Waals surface area contributed by atoms with E-state index in [1.165, 1.54) is 0 Å². The number of rotatable bonds is 7. The van der Waals surface area contributed by atoms with Crippen molar-refractivity contribution >= 4 is 23.2 Å². The van der Waals surface area contributed by atoms with Crippen molar-refractivity contribution < 1.29 is 19.0 Å². The molecule has 1 aliphatic rings. The number of carbonyl (C=O) groups excluding carboxylic acids is 1. The molecule has 2 aromatic carbocycles. The second-order valence-electron chi connectivity index (χ2n) is 6.99. The van der Waals surface area contributed by atoms with E-state index in [9.17, 15) is 4.79 Å². The molecule has 1 aliphatic heterocycles. The quantitative estimate of drug-likeness (QED) is 0.746. The van der Waals surface area contributed by atoms with Gasteiger partial charge >= 0.3 is 0 Å². The van der Waals surface area contributed by atoms with Gasteiger partial charge in [-0.1, -0.05) is 17.7 Å². The highest BCUT2D eigenvalue weighted by atomic mass is 35.5. The highest BCUT2D eigenvalue weighted by molar-refractivity contribution is 6.30. The number of ether oxygens (including phenoxy) is 3. The molecular weight excluding hydrogens is 366 g/mol. The van der Waals surface area contributed by atoms with E-state index in [1.807, 2.05) is 18.2 Å². The number of halogens is 1. The SMILES string of the molecule is CC(C)(Oc1ccc(Cl)cc1)C(=O)Nc1cccc(OC[C@H]2CCCO2)c1. The molecule has 0 unspecified atom stereocenters. The zero-order valence-electron chi connectivity index (χ0n) is 15.5. The first-order valence-electron chi connectivity index (χ1n) is 9.03. The van der Waals surface area contributed by atoms with E-state index in [0.717, 1.165) is 19.4 Å². The van der Waals surface area contributed by atoms with Gasteiger partial charge in [-0.15, -0.1) is 0 Å². The van der Waals surface area contributed by atoms with E-state index in [0.29, 0.717) is 28.8 Å². The van der Waals surface area contributed by atoms with Crippen molar-refractivity contribution in [2.24, 2.45) is 0 Å². The van der Waals surface area contributed by atoms with Crippen molar-refractivity contribution in [2.45, 2.75) is 38.4 Å². The summed E-state index contributed by atoms with van der Waals surface area (Å²) in [5, 5.41) is 3.50. The average molecular weight is 390 g/mol. The molecule has 1 saturated heterocycles. The first-order chi connectivity index (χ1) is 12.9. The van der Waals surface area contributed by atoms with Crippen LogP contribution in [-0.2, 0) is 9.53 Å². The molecule has 0 spiro atoms. The molecule has 0 aromatic heterocycles. The molecule has 1 heterocycles. The van der Waals surface area contributed by atoms with Gasteiger partial charge in [-0.05, 0) is 63.1 Å². The number of nitrogens with one attached hydrogen (secondary N) is 1. The second-order valence-corrected chi connectivity index (χ2v) is 7.43. The highest BCUT2D eigenvalue weighted by Crippen LogP contribution is 2.24.